The Hall–Kier alpha value is -2.81. The number of piperidine rings is 1. The number of methoxy groups -OCH3 is 1. The molecule has 0 aliphatic carbocycles. The van der Waals surface area contributed by atoms with Gasteiger partial charge in [0.25, 0.3) is 11.8 Å². The second-order valence-electron chi connectivity index (χ2n) is 6.36. The van der Waals surface area contributed by atoms with Crippen molar-refractivity contribution in [2.45, 2.75) is 18.9 Å². The first-order valence-corrected chi connectivity index (χ1v) is 8.83. The number of rotatable bonds is 6. The van der Waals surface area contributed by atoms with E-state index in [1.165, 1.54) is 12.1 Å². The van der Waals surface area contributed by atoms with Crippen molar-refractivity contribution in [2.75, 3.05) is 33.4 Å². The number of nitrogens with zero attached hydrogens (tertiary/aromatic N) is 4. The number of aromatic nitrogens is 3. The van der Waals surface area contributed by atoms with Gasteiger partial charge in [-0.15, -0.1) is 5.10 Å². The number of halogens is 1. The van der Waals surface area contributed by atoms with Crippen molar-refractivity contribution in [3.05, 3.63) is 47.5 Å². The maximum Gasteiger partial charge on any atom is 0.273 e. The van der Waals surface area contributed by atoms with E-state index in [-0.39, 0.29) is 29.1 Å². The molecule has 27 heavy (non-hydrogen) atoms. The van der Waals surface area contributed by atoms with E-state index in [1.54, 1.807) is 35.0 Å². The molecule has 0 saturated carbocycles. The molecule has 1 aromatic carbocycles. The van der Waals surface area contributed by atoms with Crippen molar-refractivity contribution in [1.82, 2.24) is 25.2 Å². The molecule has 144 valence electrons. The second-order valence-corrected chi connectivity index (χ2v) is 6.36. The lowest BCUT2D eigenvalue weighted by Crippen LogP contribution is -2.41. The van der Waals surface area contributed by atoms with Crippen molar-refractivity contribution in [3.63, 3.8) is 0 Å². The molecule has 2 aromatic rings. The van der Waals surface area contributed by atoms with Gasteiger partial charge in [0.2, 0.25) is 0 Å². The number of benzene rings is 1. The van der Waals surface area contributed by atoms with Crippen molar-refractivity contribution in [2.24, 2.45) is 0 Å². The Morgan fingerprint density at radius 2 is 2.19 bits per heavy atom. The zero-order valence-electron chi connectivity index (χ0n) is 15.1. The van der Waals surface area contributed by atoms with E-state index < -0.39 is 5.82 Å². The van der Waals surface area contributed by atoms with Crippen LogP contribution in [0.2, 0.25) is 0 Å². The van der Waals surface area contributed by atoms with Gasteiger partial charge in [-0.2, -0.15) is 0 Å². The quantitative estimate of drug-likeness (QED) is 0.768. The first-order chi connectivity index (χ1) is 13.1. The number of ether oxygens (including phenoxy) is 1. The fourth-order valence-electron chi connectivity index (χ4n) is 3.08. The van der Waals surface area contributed by atoms with Gasteiger partial charge in [-0.3, -0.25) is 9.59 Å². The number of amides is 2. The lowest BCUT2D eigenvalue weighted by Gasteiger charge is -2.32. The summed E-state index contributed by atoms with van der Waals surface area (Å²) in [7, 11) is 1.56. The Balaban J connectivity index is 1.65. The molecule has 9 heteroatoms. The standard InChI is InChI=1S/C18H22FN5O3/c1-27-10-8-20-17(25)16-12-24(22-21-16)13-5-4-9-23(11-13)18(26)14-6-2-3-7-15(14)19/h2-3,6-7,12-13H,4-5,8-11H2,1H3,(H,20,25)/t13-/m0/s1. The number of likely N-dealkylation sites (tertiary alicyclic amines) is 1. The molecular formula is C18H22FN5O3. The van der Waals surface area contributed by atoms with Crippen LogP contribution in [0.4, 0.5) is 4.39 Å². The highest BCUT2D eigenvalue weighted by Crippen LogP contribution is 2.23. The van der Waals surface area contributed by atoms with Crippen LogP contribution in [0.1, 0.15) is 39.7 Å². The first-order valence-electron chi connectivity index (χ1n) is 8.83. The zero-order valence-corrected chi connectivity index (χ0v) is 15.1. The van der Waals surface area contributed by atoms with E-state index in [9.17, 15) is 14.0 Å². The minimum Gasteiger partial charge on any atom is -0.383 e. The Bertz CT molecular complexity index is 810. The minimum atomic E-state index is -0.527. The maximum atomic E-state index is 13.9. The lowest BCUT2D eigenvalue weighted by atomic mass is 10.0. The highest BCUT2D eigenvalue weighted by molar-refractivity contribution is 5.94. The van der Waals surface area contributed by atoms with Crippen molar-refractivity contribution in [3.8, 4) is 0 Å². The second kappa shape index (κ2) is 8.72. The molecule has 3 rings (SSSR count). The van der Waals surface area contributed by atoms with Gasteiger partial charge in [0.05, 0.1) is 24.4 Å². The van der Waals surface area contributed by atoms with Crippen molar-refractivity contribution < 1.29 is 18.7 Å². The number of carbonyl (C=O) groups excluding carboxylic acids is 2. The Kier molecular flexibility index (Phi) is 6.12. The van der Waals surface area contributed by atoms with Crippen LogP contribution in [0.15, 0.2) is 30.5 Å². The molecule has 1 N–H and O–H groups in total. The largest absolute Gasteiger partial charge is 0.383 e. The Morgan fingerprint density at radius 3 is 2.96 bits per heavy atom. The molecule has 1 aromatic heterocycles. The van der Waals surface area contributed by atoms with Gasteiger partial charge in [-0.25, -0.2) is 9.07 Å². The first kappa shape index (κ1) is 19.0. The number of hydrogen-bond acceptors (Lipinski definition) is 5. The lowest BCUT2D eigenvalue weighted by molar-refractivity contribution is 0.0666. The molecule has 0 unspecified atom stereocenters. The van der Waals surface area contributed by atoms with E-state index in [0.29, 0.717) is 26.2 Å². The Labute approximate surface area is 156 Å². The van der Waals surface area contributed by atoms with Crippen LogP contribution in [-0.2, 0) is 4.74 Å². The van der Waals surface area contributed by atoms with Crippen LogP contribution < -0.4 is 5.32 Å². The third-order valence-electron chi connectivity index (χ3n) is 4.50. The molecule has 1 saturated heterocycles. The van der Waals surface area contributed by atoms with Gasteiger partial charge in [0.15, 0.2) is 5.69 Å². The summed E-state index contributed by atoms with van der Waals surface area (Å²) in [5, 5.41) is 10.6. The zero-order chi connectivity index (χ0) is 19.2. The minimum absolute atomic E-state index is 0.0648. The monoisotopic (exact) mass is 375 g/mol. The summed E-state index contributed by atoms with van der Waals surface area (Å²) >= 11 is 0. The summed E-state index contributed by atoms with van der Waals surface area (Å²) in [6.07, 6.45) is 3.14. The summed E-state index contributed by atoms with van der Waals surface area (Å²) in [6.45, 7) is 1.75. The summed E-state index contributed by atoms with van der Waals surface area (Å²) in [5.41, 5.74) is 0.276. The number of nitrogens with one attached hydrogen (secondary N) is 1. The van der Waals surface area contributed by atoms with Crippen LogP contribution in [0.3, 0.4) is 0 Å². The third-order valence-corrected chi connectivity index (χ3v) is 4.50. The van der Waals surface area contributed by atoms with E-state index in [4.69, 9.17) is 4.74 Å². The van der Waals surface area contributed by atoms with E-state index in [1.807, 2.05) is 0 Å². The summed E-state index contributed by atoms with van der Waals surface area (Å²) in [4.78, 5) is 26.3. The summed E-state index contributed by atoms with van der Waals surface area (Å²) in [6, 6.07) is 5.85. The topological polar surface area (TPSA) is 89.4 Å². The van der Waals surface area contributed by atoms with Gasteiger partial charge >= 0.3 is 0 Å². The fourth-order valence-corrected chi connectivity index (χ4v) is 3.08. The highest BCUT2D eigenvalue weighted by Gasteiger charge is 2.28. The van der Waals surface area contributed by atoms with E-state index in [2.05, 4.69) is 15.6 Å². The summed E-state index contributed by atoms with van der Waals surface area (Å²) in [5.74, 6) is -1.19. The Morgan fingerprint density at radius 1 is 1.37 bits per heavy atom. The van der Waals surface area contributed by atoms with Crippen LogP contribution in [0.5, 0.6) is 0 Å². The number of hydrogen-bond donors (Lipinski definition) is 1. The van der Waals surface area contributed by atoms with Gasteiger partial charge in [-0.1, -0.05) is 17.3 Å². The fraction of sp³-hybridized carbons (Fsp3) is 0.444. The molecule has 0 radical (unpaired) electrons. The molecule has 2 heterocycles. The average molecular weight is 375 g/mol. The molecule has 2 amide bonds. The van der Waals surface area contributed by atoms with Crippen LogP contribution >= 0.6 is 0 Å². The molecule has 8 nitrogen and oxygen atoms in total. The van der Waals surface area contributed by atoms with Gasteiger partial charge in [-0.05, 0) is 25.0 Å². The normalized spacial score (nSPS) is 17.0. The summed E-state index contributed by atoms with van der Waals surface area (Å²) < 4.78 is 20.4. The predicted octanol–water partition coefficient (Wildman–Crippen LogP) is 1.27. The highest BCUT2D eigenvalue weighted by atomic mass is 19.1. The van der Waals surface area contributed by atoms with Crippen molar-refractivity contribution >= 4 is 11.8 Å². The van der Waals surface area contributed by atoms with E-state index >= 15 is 0 Å². The van der Waals surface area contributed by atoms with E-state index in [0.717, 1.165) is 12.8 Å². The average Bonchev–Trinajstić information content (AvgIpc) is 3.18. The molecule has 0 spiro atoms. The molecule has 1 aliphatic heterocycles. The third kappa shape index (κ3) is 4.48. The molecular weight excluding hydrogens is 353 g/mol. The van der Waals surface area contributed by atoms with Crippen LogP contribution in [-0.4, -0.2) is 65.1 Å². The smallest absolute Gasteiger partial charge is 0.273 e. The van der Waals surface area contributed by atoms with Gasteiger partial charge in [0, 0.05) is 26.7 Å². The van der Waals surface area contributed by atoms with Crippen LogP contribution in [0, 0.1) is 5.82 Å². The number of carbonyl (C=O) groups is 2. The molecule has 1 atom stereocenters. The molecule has 1 aliphatic rings. The SMILES string of the molecule is COCCNC(=O)c1cn([C@H]2CCCN(C(=O)c3ccccc3F)C2)nn1. The van der Waals surface area contributed by atoms with Gasteiger partial charge in [0.1, 0.15) is 5.82 Å². The predicted molar refractivity (Wildman–Crippen MR) is 94.8 cm³/mol. The van der Waals surface area contributed by atoms with Gasteiger partial charge < -0.3 is 15.0 Å². The molecule has 1 fully saturated rings. The van der Waals surface area contributed by atoms with Crippen molar-refractivity contribution in [1.29, 1.82) is 0 Å². The maximum absolute atomic E-state index is 13.9. The van der Waals surface area contributed by atoms with Crippen LogP contribution in [0.25, 0.3) is 0 Å². The molecule has 0 bridgehead atoms.